The van der Waals surface area contributed by atoms with Gasteiger partial charge in [0.1, 0.15) is 0 Å². The van der Waals surface area contributed by atoms with E-state index in [0.29, 0.717) is 10.9 Å². The summed E-state index contributed by atoms with van der Waals surface area (Å²) in [6.45, 7) is 8.11. The number of nitrogens with zero attached hydrogens (tertiary/aromatic N) is 5. The first kappa shape index (κ1) is 14.8. The highest BCUT2D eigenvalue weighted by atomic mass is 32.2. The van der Waals surface area contributed by atoms with Crippen LogP contribution in [0.4, 0.5) is 0 Å². The maximum Gasteiger partial charge on any atom is 0.253 e. The van der Waals surface area contributed by atoms with E-state index in [1.165, 1.54) is 17.3 Å². The molecule has 2 heterocycles. The van der Waals surface area contributed by atoms with Crippen molar-refractivity contribution in [2.75, 3.05) is 0 Å². The third kappa shape index (κ3) is 2.93. The summed E-state index contributed by atoms with van der Waals surface area (Å²) in [5.74, 6) is 0.618. The van der Waals surface area contributed by atoms with Crippen molar-refractivity contribution in [1.82, 2.24) is 19.6 Å². The first-order chi connectivity index (χ1) is 9.56. The highest BCUT2D eigenvalue weighted by Crippen LogP contribution is 2.22. The maximum atomic E-state index is 8.86. The molecule has 106 valence electrons. The molecule has 0 saturated heterocycles. The number of rotatable bonds is 5. The molecule has 0 aliphatic rings. The van der Waals surface area contributed by atoms with E-state index in [-0.39, 0.29) is 5.25 Å². The van der Waals surface area contributed by atoms with Crippen molar-refractivity contribution in [2.45, 2.75) is 57.4 Å². The van der Waals surface area contributed by atoms with Gasteiger partial charge in [0.05, 0.1) is 11.3 Å². The van der Waals surface area contributed by atoms with Crippen molar-refractivity contribution < 1.29 is 0 Å². The third-order valence-corrected chi connectivity index (χ3v) is 4.12. The number of aryl methyl sites for hydroxylation is 2. The number of aromatic nitrogens is 4. The van der Waals surface area contributed by atoms with Crippen molar-refractivity contribution in [3.05, 3.63) is 17.0 Å². The summed E-state index contributed by atoms with van der Waals surface area (Å²) in [7, 11) is 0. The highest BCUT2D eigenvalue weighted by molar-refractivity contribution is 8.00. The lowest BCUT2D eigenvalue weighted by molar-refractivity contribution is 0.753. The van der Waals surface area contributed by atoms with Crippen LogP contribution in [0, 0.1) is 25.2 Å². The summed E-state index contributed by atoms with van der Waals surface area (Å²) in [4.78, 5) is 8.93. The summed E-state index contributed by atoms with van der Waals surface area (Å²) < 4.78 is 1.80. The van der Waals surface area contributed by atoms with E-state index in [0.717, 1.165) is 30.7 Å². The van der Waals surface area contributed by atoms with Crippen molar-refractivity contribution in [3.8, 4) is 6.07 Å². The van der Waals surface area contributed by atoms with Gasteiger partial charge in [-0.25, -0.2) is 9.50 Å². The standard InChI is InChI=1S/C14H19N5S/c1-5-6-7-12-10(3)16-13-17-14(20-9(2)8-15)18-19(13)11(12)4/h9H,5-7H2,1-4H3. The Kier molecular flexibility index (Phi) is 4.61. The number of hydrogen-bond donors (Lipinski definition) is 0. The van der Waals surface area contributed by atoms with Gasteiger partial charge in [-0.05, 0) is 39.2 Å². The zero-order valence-corrected chi connectivity index (χ0v) is 13.2. The molecule has 0 aliphatic heterocycles. The molecule has 1 atom stereocenters. The molecule has 0 bridgehead atoms. The predicted octanol–water partition coefficient (Wildman–Crippen LogP) is 3.09. The van der Waals surface area contributed by atoms with Crippen LogP contribution in [0.2, 0.25) is 0 Å². The van der Waals surface area contributed by atoms with E-state index in [2.05, 4.69) is 35.0 Å². The molecular formula is C14H19N5S. The number of nitriles is 1. The fourth-order valence-electron chi connectivity index (χ4n) is 2.14. The van der Waals surface area contributed by atoms with E-state index >= 15 is 0 Å². The van der Waals surface area contributed by atoms with Gasteiger partial charge in [0, 0.05) is 11.4 Å². The summed E-state index contributed by atoms with van der Waals surface area (Å²) in [5, 5.41) is 13.8. The molecule has 0 saturated carbocycles. The second-order valence-corrected chi connectivity index (χ2v) is 6.17. The maximum absolute atomic E-state index is 8.86. The summed E-state index contributed by atoms with van der Waals surface area (Å²) in [6, 6.07) is 2.18. The zero-order chi connectivity index (χ0) is 14.7. The minimum atomic E-state index is -0.159. The summed E-state index contributed by atoms with van der Waals surface area (Å²) in [5.41, 5.74) is 3.39. The molecule has 0 fully saturated rings. The molecule has 0 aliphatic carbocycles. The normalized spacial score (nSPS) is 12.6. The number of thioether (sulfide) groups is 1. The van der Waals surface area contributed by atoms with Crippen LogP contribution in [0.25, 0.3) is 5.78 Å². The third-order valence-electron chi connectivity index (χ3n) is 3.27. The minimum Gasteiger partial charge on any atom is -0.216 e. The fourth-order valence-corrected chi connectivity index (χ4v) is 2.77. The number of unbranched alkanes of at least 4 members (excludes halogenated alkanes) is 1. The van der Waals surface area contributed by atoms with E-state index in [1.807, 2.05) is 13.8 Å². The first-order valence-corrected chi connectivity index (χ1v) is 7.74. The lowest BCUT2D eigenvalue weighted by Gasteiger charge is -2.09. The van der Waals surface area contributed by atoms with Gasteiger partial charge >= 0.3 is 0 Å². The molecule has 2 aromatic rings. The largest absolute Gasteiger partial charge is 0.253 e. The van der Waals surface area contributed by atoms with Crippen molar-refractivity contribution in [1.29, 1.82) is 5.26 Å². The van der Waals surface area contributed by atoms with Gasteiger partial charge in [-0.2, -0.15) is 10.2 Å². The quantitative estimate of drug-likeness (QED) is 0.791. The van der Waals surface area contributed by atoms with E-state index in [9.17, 15) is 0 Å². The van der Waals surface area contributed by atoms with E-state index in [1.54, 1.807) is 4.52 Å². The van der Waals surface area contributed by atoms with Crippen LogP contribution in [-0.4, -0.2) is 24.8 Å². The fraction of sp³-hybridized carbons (Fsp3) is 0.571. The van der Waals surface area contributed by atoms with Crippen molar-refractivity contribution >= 4 is 17.5 Å². The van der Waals surface area contributed by atoms with Gasteiger partial charge in [0.15, 0.2) is 0 Å². The lowest BCUT2D eigenvalue weighted by Crippen LogP contribution is -2.05. The molecule has 5 nitrogen and oxygen atoms in total. The molecule has 2 rings (SSSR count). The molecular weight excluding hydrogens is 270 g/mol. The van der Waals surface area contributed by atoms with E-state index < -0.39 is 0 Å². The smallest absolute Gasteiger partial charge is 0.216 e. The molecule has 2 aromatic heterocycles. The van der Waals surface area contributed by atoms with Gasteiger partial charge in [-0.15, -0.1) is 5.10 Å². The minimum absolute atomic E-state index is 0.159. The zero-order valence-electron chi connectivity index (χ0n) is 12.3. The van der Waals surface area contributed by atoms with Crippen LogP contribution >= 0.6 is 11.8 Å². The molecule has 0 radical (unpaired) electrons. The molecule has 0 spiro atoms. The molecule has 1 unspecified atom stereocenters. The Balaban J connectivity index is 2.42. The second-order valence-electron chi connectivity index (χ2n) is 4.86. The Labute approximate surface area is 123 Å². The SMILES string of the molecule is CCCCc1c(C)nc2nc(SC(C)C#N)nn2c1C. The average Bonchev–Trinajstić information content (AvgIpc) is 2.81. The van der Waals surface area contributed by atoms with Crippen LogP contribution in [0.15, 0.2) is 5.16 Å². The average molecular weight is 289 g/mol. The molecule has 0 amide bonds. The lowest BCUT2D eigenvalue weighted by atomic mass is 10.1. The summed E-state index contributed by atoms with van der Waals surface area (Å²) >= 11 is 1.36. The van der Waals surface area contributed by atoms with Crippen LogP contribution in [0.5, 0.6) is 0 Å². The van der Waals surface area contributed by atoms with Gasteiger partial charge < -0.3 is 0 Å². The number of fused-ring (bicyclic) bond motifs is 1. The summed E-state index contributed by atoms with van der Waals surface area (Å²) in [6.07, 6.45) is 3.33. The van der Waals surface area contributed by atoms with Gasteiger partial charge in [-0.3, -0.25) is 0 Å². The van der Waals surface area contributed by atoms with Gasteiger partial charge in [0.25, 0.3) is 5.78 Å². The first-order valence-electron chi connectivity index (χ1n) is 6.86. The monoisotopic (exact) mass is 289 g/mol. The Morgan fingerprint density at radius 3 is 2.75 bits per heavy atom. The van der Waals surface area contributed by atoms with Crippen LogP contribution in [0.1, 0.15) is 43.6 Å². The number of hydrogen-bond acceptors (Lipinski definition) is 5. The molecule has 6 heteroatoms. The molecule has 0 aromatic carbocycles. The molecule has 0 N–H and O–H groups in total. The molecule has 20 heavy (non-hydrogen) atoms. The Hall–Kier alpha value is -1.61. The van der Waals surface area contributed by atoms with Crippen molar-refractivity contribution in [2.24, 2.45) is 0 Å². The Morgan fingerprint density at radius 2 is 2.10 bits per heavy atom. The van der Waals surface area contributed by atoms with Gasteiger partial charge in [0.2, 0.25) is 5.16 Å². The van der Waals surface area contributed by atoms with Crippen LogP contribution in [0.3, 0.4) is 0 Å². The van der Waals surface area contributed by atoms with E-state index in [4.69, 9.17) is 5.26 Å². The highest BCUT2D eigenvalue weighted by Gasteiger charge is 2.14. The topological polar surface area (TPSA) is 66.9 Å². The Bertz CT molecular complexity index is 656. The predicted molar refractivity (Wildman–Crippen MR) is 79.8 cm³/mol. The Morgan fingerprint density at radius 1 is 1.35 bits per heavy atom. The van der Waals surface area contributed by atoms with Crippen molar-refractivity contribution in [3.63, 3.8) is 0 Å². The van der Waals surface area contributed by atoms with Crippen LogP contribution in [-0.2, 0) is 6.42 Å². The van der Waals surface area contributed by atoms with Crippen LogP contribution < -0.4 is 0 Å². The van der Waals surface area contributed by atoms with Gasteiger partial charge in [-0.1, -0.05) is 25.1 Å². The second kappa shape index (κ2) is 6.23.